The van der Waals surface area contributed by atoms with Crippen LogP contribution in [-0.2, 0) is 4.79 Å². The van der Waals surface area contributed by atoms with E-state index in [0.29, 0.717) is 23.7 Å². The molecule has 0 saturated heterocycles. The second-order valence-electron chi connectivity index (χ2n) is 3.42. The zero-order chi connectivity index (χ0) is 14.1. The Bertz CT molecular complexity index is 569. The van der Waals surface area contributed by atoms with Gasteiger partial charge in [0, 0.05) is 18.6 Å². The molecule has 1 aromatic carbocycles. The van der Waals surface area contributed by atoms with Crippen LogP contribution in [0.3, 0.4) is 0 Å². The number of alkyl halides is 1. The molecule has 0 atom stereocenters. The van der Waals surface area contributed by atoms with Crippen molar-refractivity contribution in [1.82, 2.24) is 5.32 Å². The van der Waals surface area contributed by atoms with Gasteiger partial charge in [-0.3, -0.25) is 4.79 Å². The summed E-state index contributed by atoms with van der Waals surface area (Å²) in [4.78, 5) is 11.8. The first-order chi connectivity index (χ1) is 9.22. The molecule has 1 aromatic rings. The lowest BCUT2D eigenvalue weighted by atomic mass is 10.2. The van der Waals surface area contributed by atoms with Gasteiger partial charge >= 0.3 is 0 Å². The molecule has 0 heterocycles. The van der Waals surface area contributed by atoms with E-state index < -0.39 is 5.91 Å². The molecule has 1 rings (SSSR count). The third kappa shape index (κ3) is 4.34. The van der Waals surface area contributed by atoms with Crippen LogP contribution in [-0.4, -0.2) is 18.3 Å². The van der Waals surface area contributed by atoms with E-state index >= 15 is 0 Å². The van der Waals surface area contributed by atoms with Crippen LogP contribution < -0.4 is 10.6 Å². The van der Waals surface area contributed by atoms with Gasteiger partial charge in [0.25, 0.3) is 5.91 Å². The fraction of sp³-hybridized carbons (Fsp3) is 0.154. The molecule has 0 fully saturated rings. The Morgan fingerprint density at radius 3 is 2.74 bits per heavy atom. The third-order valence-electron chi connectivity index (χ3n) is 2.15. The number of nitrogens with one attached hydrogen (secondary N) is 2. The fourth-order valence-electron chi connectivity index (χ4n) is 1.26. The average molecular weight is 275 g/mol. The number of para-hydroxylation sites is 1. The number of nitrogens with zero attached hydrogens (tertiary/aromatic N) is 2. The second kappa shape index (κ2) is 7.75. The smallest absolute Gasteiger partial charge is 0.267 e. The highest BCUT2D eigenvalue weighted by Gasteiger charge is 2.11. The van der Waals surface area contributed by atoms with Gasteiger partial charge in [0.05, 0.1) is 11.3 Å². The number of halogens is 1. The number of anilines is 1. The van der Waals surface area contributed by atoms with E-state index in [1.165, 1.54) is 6.20 Å². The van der Waals surface area contributed by atoms with Gasteiger partial charge in [-0.25, -0.2) is 0 Å². The summed E-state index contributed by atoms with van der Waals surface area (Å²) in [6.45, 7) is 0.453. The summed E-state index contributed by atoms with van der Waals surface area (Å²) in [5.74, 6) is -0.207. The normalized spacial score (nSPS) is 10.2. The first-order valence-corrected chi connectivity index (χ1v) is 5.96. The molecule has 0 spiro atoms. The van der Waals surface area contributed by atoms with Crippen LogP contribution in [0.2, 0.25) is 0 Å². The highest BCUT2D eigenvalue weighted by atomic mass is 35.5. The largest absolute Gasteiger partial charge is 0.388 e. The van der Waals surface area contributed by atoms with Crippen LogP contribution in [0.25, 0.3) is 0 Å². The third-order valence-corrected chi connectivity index (χ3v) is 2.34. The lowest BCUT2D eigenvalue weighted by Crippen LogP contribution is -2.18. The Balaban J connectivity index is 2.81. The van der Waals surface area contributed by atoms with Crippen LogP contribution in [0, 0.1) is 22.7 Å². The van der Waals surface area contributed by atoms with Crippen molar-refractivity contribution in [2.24, 2.45) is 0 Å². The van der Waals surface area contributed by atoms with Crippen molar-refractivity contribution in [2.75, 3.05) is 17.7 Å². The SMILES string of the molecule is N#C/C(=C/NCCCl)C(=O)Nc1ccccc1C#N. The molecule has 0 aliphatic rings. The molecule has 2 N–H and O–H groups in total. The molecule has 5 nitrogen and oxygen atoms in total. The number of benzene rings is 1. The molecule has 6 heteroatoms. The predicted octanol–water partition coefficient (Wildman–Crippen LogP) is 1.73. The molecule has 1 amide bonds. The summed E-state index contributed by atoms with van der Waals surface area (Å²) >= 11 is 5.47. The van der Waals surface area contributed by atoms with Crippen LogP contribution in [0.1, 0.15) is 5.56 Å². The molecule has 0 aliphatic heterocycles. The van der Waals surface area contributed by atoms with E-state index in [9.17, 15) is 4.79 Å². The van der Waals surface area contributed by atoms with Gasteiger partial charge in [-0.2, -0.15) is 10.5 Å². The fourth-order valence-corrected chi connectivity index (χ4v) is 1.37. The number of rotatable bonds is 5. The zero-order valence-corrected chi connectivity index (χ0v) is 10.7. The quantitative estimate of drug-likeness (QED) is 0.370. The lowest BCUT2D eigenvalue weighted by Gasteiger charge is -2.06. The maximum atomic E-state index is 11.8. The van der Waals surface area contributed by atoms with Gasteiger partial charge in [-0.1, -0.05) is 12.1 Å². The van der Waals surface area contributed by atoms with Gasteiger partial charge in [-0.15, -0.1) is 11.6 Å². The first kappa shape index (κ1) is 14.6. The van der Waals surface area contributed by atoms with E-state index in [-0.39, 0.29) is 5.57 Å². The number of hydrogen-bond acceptors (Lipinski definition) is 4. The number of carbonyl (C=O) groups is 1. The summed E-state index contributed by atoms with van der Waals surface area (Å²) in [5, 5.41) is 23.0. The highest BCUT2D eigenvalue weighted by Crippen LogP contribution is 2.14. The van der Waals surface area contributed by atoms with E-state index in [1.54, 1.807) is 30.3 Å². The van der Waals surface area contributed by atoms with Crippen molar-refractivity contribution >= 4 is 23.2 Å². The molecule has 0 bridgehead atoms. The van der Waals surface area contributed by atoms with Gasteiger partial charge in [0.1, 0.15) is 17.7 Å². The Morgan fingerprint density at radius 2 is 2.11 bits per heavy atom. The van der Waals surface area contributed by atoms with Crippen molar-refractivity contribution in [2.45, 2.75) is 0 Å². The second-order valence-corrected chi connectivity index (χ2v) is 3.80. The Hall–Kier alpha value is -2.50. The minimum absolute atomic E-state index is 0.0853. The first-order valence-electron chi connectivity index (χ1n) is 5.43. The van der Waals surface area contributed by atoms with Crippen molar-refractivity contribution < 1.29 is 4.79 Å². The molecule has 0 radical (unpaired) electrons. The van der Waals surface area contributed by atoms with Gasteiger partial charge in [0.2, 0.25) is 0 Å². The van der Waals surface area contributed by atoms with Crippen LogP contribution in [0.5, 0.6) is 0 Å². The molecular formula is C13H11ClN4O. The van der Waals surface area contributed by atoms with Crippen LogP contribution >= 0.6 is 11.6 Å². The lowest BCUT2D eigenvalue weighted by molar-refractivity contribution is -0.112. The van der Waals surface area contributed by atoms with Crippen molar-refractivity contribution in [3.63, 3.8) is 0 Å². The van der Waals surface area contributed by atoms with E-state index in [4.69, 9.17) is 22.1 Å². The molecule has 96 valence electrons. The number of amides is 1. The van der Waals surface area contributed by atoms with Gasteiger partial charge in [0.15, 0.2) is 0 Å². The molecule has 0 saturated carbocycles. The topological polar surface area (TPSA) is 88.7 Å². The van der Waals surface area contributed by atoms with Gasteiger partial charge in [-0.05, 0) is 12.1 Å². The number of hydrogen-bond donors (Lipinski definition) is 2. The molecule has 0 unspecified atom stereocenters. The van der Waals surface area contributed by atoms with E-state index in [1.807, 2.05) is 6.07 Å². The Morgan fingerprint density at radius 1 is 1.37 bits per heavy atom. The van der Waals surface area contributed by atoms with Crippen molar-refractivity contribution in [3.05, 3.63) is 41.6 Å². The Kier molecular flexibility index (Phi) is 5.94. The van der Waals surface area contributed by atoms with Crippen LogP contribution in [0.4, 0.5) is 5.69 Å². The number of carbonyl (C=O) groups excluding carboxylic acids is 1. The molecule has 19 heavy (non-hydrogen) atoms. The summed E-state index contributed by atoms with van der Waals surface area (Å²) in [6.07, 6.45) is 1.30. The highest BCUT2D eigenvalue weighted by molar-refractivity contribution is 6.18. The maximum Gasteiger partial charge on any atom is 0.267 e. The van der Waals surface area contributed by atoms with Gasteiger partial charge < -0.3 is 10.6 Å². The molecule has 0 aromatic heterocycles. The summed E-state index contributed by atoms with van der Waals surface area (Å²) < 4.78 is 0. The average Bonchev–Trinajstić information content (AvgIpc) is 2.44. The number of nitriles is 2. The zero-order valence-electron chi connectivity index (χ0n) is 9.98. The summed E-state index contributed by atoms with van der Waals surface area (Å²) in [6, 6.07) is 10.3. The summed E-state index contributed by atoms with van der Waals surface area (Å²) in [5.41, 5.74) is 0.619. The standard InChI is InChI=1S/C13H11ClN4O/c14-5-6-17-9-11(8-16)13(19)18-12-4-2-1-3-10(12)7-15/h1-4,9,17H,5-6H2,(H,18,19)/b11-9-. The van der Waals surface area contributed by atoms with E-state index in [2.05, 4.69) is 10.6 Å². The molecule has 0 aliphatic carbocycles. The maximum absolute atomic E-state index is 11.8. The van der Waals surface area contributed by atoms with Crippen molar-refractivity contribution in [1.29, 1.82) is 10.5 Å². The molecular weight excluding hydrogens is 264 g/mol. The monoisotopic (exact) mass is 274 g/mol. The van der Waals surface area contributed by atoms with Crippen molar-refractivity contribution in [3.8, 4) is 12.1 Å². The summed E-state index contributed by atoms with van der Waals surface area (Å²) in [7, 11) is 0. The Labute approximate surface area is 116 Å². The minimum Gasteiger partial charge on any atom is -0.388 e. The minimum atomic E-state index is -0.577. The van der Waals surface area contributed by atoms with Crippen LogP contribution in [0.15, 0.2) is 36.0 Å². The predicted molar refractivity (Wildman–Crippen MR) is 72.2 cm³/mol. The van der Waals surface area contributed by atoms with E-state index in [0.717, 1.165) is 0 Å².